The molecule has 0 aromatic heterocycles. The average molecular weight is 274 g/mol. The number of aliphatic hydroxyl groups is 1. The van der Waals surface area contributed by atoms with Gasteiger partial charge in [-0.1, -0.05) is 39.8 Å². The lowest BCUT2D eigenvalue weighted by Crippen LogP contribution is -2.35. The minimum atomic E-state index is -0.500. The Kier molecular flexibility index (Phi) is 6.70. The van der Waals surface area contributed by atoms with Crippen molar-refractivity contribution in [2.24, 2.45) is 11.8 Å². The molecule has 0 bridgehead atoms. The number of aliphatic hydroxyl groups excluding tert-OH is 1. The van der Waals surface area contributed by atoms with Crippen molar-refractivity contribution < 1.29 is 5.11 Å². The minimum absolute atomic E-state index is 0.500. The molecule has 0 radical (unpaired) electrons. The van der Waals surface area contributed by atoms with Crippen molar-refractivity contribution in [1.82, 2.24) is 4.90 Å². The van der Waals surface area contributed by atoms with Crippen molar-refractivity contribution in [3.8, 4) is 6.07 Å². The lowest BCUT2D eigenvalue weighted by atomic mass is 10.1. The van der Waals surface area contributed by atoms with E-state index in [0.717, 1.165) is 18.7 Å². The number of nitriles is 1. The number of hydrogen-bond acceptors (Lipinski definition) is 3. The Bertz CT molecular complexity index is 421. The molecule has 0 aliphatic rings. The van der Waals surface area contributed by atoms with Crippen molar-refractivity contribution in [2.45, 2.75) is 33.8 Å². The Morgan fingerprint density at radius 3 is 1.90 bits per heavy atom. The zero-order valence-corrected chi connectivity index (χ0v) is 13.0. The van der Waals surface area contributed by atoms with E-state index in [-0.39, 0.29) is 0 Å². The first-order chi connectivity index (χ1) is 9.42. The second kappa shape index (κ2) is 8.04. The van der Waals surface area contributed by atoms with Crippen LogP contribution in [0.3, 0.4) is 0 Å². The maximum absolute atomic E-state index is 10.4. The third kappa shape index (κ3) is 5.73. The van der Waals surface area contributed by atoms with Gasteiger partial charge in [0.05, 0.1) is 17.7 Å². The van der Waals surface area contributed by atoms with Gasteiger partial charge in [0.15, 0.2) is 0 Å². The summed E-state index contributed by atoms with van der Waals surface area (Å²) in [5, 5.41) is 19.1. The number of benzene rings is 1. The van der Waals surface area contributed by atoms with Crippen LogP contribution in [0.1, 0.15) is 44.9 Å². The predicted octanol–water partition coefficient (Wildman–Crippen LogP) is 3.21. The van der Waals surface area contributed by atoms with Gasteiger partial charge in [-0.05, 0) is 29.5 Å². The molecule has 0 saturated carbocycles. The molecule has 0 saturated heterocycles. The van der Waals surface area contributed by atoms with E-state index in [4.69, 9.17) is 5.26 Å². The Balaban J connectivity index is 2.68. The third-order valence-corrected chi connectivity index (χ3v) is 3.10. The van der Waals surface area contributed by atoms with Gasteiger partial charge in [-0.3, -0.25) is 4.90 Å². The van der Waals surface area contributed by atoms with Crippen molar-refractivity contribution >= 4 is 0 Å². The quantitative estimate of drug-likeness (QED) is 0.830. The standard InChI is InChI=1S/C17H26N2O/c1-13(2)10-19(11-14(3)4)12-17(20)16-7-5-15(9-18)6-8-16/h5-8,13-14,17,20H,10-12H2,1-4H3. The summed E-state index contributed by atoms with van der Waals surface area (Å²) in [5.74, 6) is 1.17. The fourth-order valence-electron chi connectivity index (χ4n) is 2.39. The molecule has 3 nitrogen and oxygen atoms in total. The second-order valence-corrected chi connectivity index (χ2v) is 6.26. The zero-order chi connectivity index (χ0) is 15.1. The minimum Gasteiger partial charge on any atom is -0.387 e. The average Bonchev–Trinajstić information content (AvgIpc) is 2.37. The van der Waals surface area contributed by atoms with Crippen LogP contribution < -0.4 is 0 Å². The first-order valence-electron chi connectivity index (χ1n) is 7.32. The number of rotatable bonds is 7. The van der Waals surface area contributed by atoms with E-state index in [1.165, 1.54) is 0 Å². The van der Waals surface area contributed by atoms with Gasteiger partial charge >= 0.3 is 0 Å². The lowest BCUT2D eigenvalue weighted by molar-refractivity contribution is 0.0987. The molecule has 1 aromatic carbocycles. The van der Waals surface area contributed by atoms with E-state index in [2.05, 4.69) is 38.7 Å². The summed E-state index contributed by atoms with van der Waals surface area (Å²) in [5.41, 5.74) is 1.50. The summed E-state index contributed by atoms with van der Waals surface area (Å²) in [7, 11) is 0. The summed E-state index contributed by atoms with van der Waals surface area (Å²) in [6.07, 6.45) is -0.500. The highest BCUT2D eigenvalue weighted by Crippen LogP contribution is 2.16. The summed E-state index contributed by atoms with van der Waals surface area (Å²) < 4.78 is 0. The first kappa shape index (κ1) is 16.7. The van der Waals surface area contributed by atoms with E-state index in [1.54, 1.807) is 12.1 Å². The largest absolute Gasteiger partial charge is 0.387 e. The summed E-state index contributed by atoms with van der Waals surface area (Å²) >= 11 is 0. The van der Waals surface area contributed by atoms with Gasteiger partial charge in [-0.15, -0.1) is 0 Å². The van der Waals surface area contributed by atoms with Gasteiger partial charge in [0.25, 0.3) is 0 Å². The maximum atomic E-state index is 10.4. The Morgan fingerprint density at radius 2 is 1.50 bits per heavy atom. The molecule has 110 valence electrons. The lowest BCUT2D eigenvalue weighted by Gasteiger charge is -2.28. The molecular weight excluding hydrogens is 248 g/mol. The smallest absolute Gasteiger partial charge is 0.0991 e. The highest BCUT2D eigenvalue weighted by molar-refractivity contribution is 5.32. The number of hydrogen-bond donors (Lipinski definition) is 1. The summed E-state index contributed by atoms with van der Waals surface area (Å²) in [4.78, 5) is 2.32. The van der Waals surface area contributed by atoms with Crippen LogP contribution in [0.2, 0.25) is 0 Å². The van der Waals surface area contributed by atoms with Gasteiger partial charge < -0.3 is 5.11 Å². The van der Waals surface area contributed by atoms with E-state index in [1.807, 2.05) is 12.1 Å². The van der Waals surface area contributed by atoms with Gasteiger partial charge in [0.1, 0.15) is 0 Å². The monoisotopic (exact) mass is 274 g/mol. The first-order valence-corrected chi connectivity index (χ1v) is 7.32. The molecule has 1 N–H and O–H groups in total. The van der Waals surface area contributed by atoms with Crippen LogP contribution in [0.5, 0.6) is 0 Å². The zero-order valence-electron chi connectivity index (χ0n) is 13.0. The molecule has 0 amide bonds. The Morgan fingerprint density at radius 1 is 1.00 bits per heavy atom. The van der Waals surface area contributed by atoms with Crippen molar-refractivity contribution in [1.29, 1.82) is 5.26 Å². The molecular formula is C17H26N2O. The predicted molar refractivity (Wildman–Crippen MR) is 82.2 cm³/mol. The molecule has 1 atom stereocenters. The molecule has 3 heteroatoms. The van der Waals surface area contributed by atoms with Gasteiger partial charge in [0, 0.05) is 19.6 Å². The summed E-state index contributed by atoms with van der Waals surface area (Å²) in [6.45, 7) is 11.4. The van der Waals surface area contributed by atoms with Crippen LogP contribution in [-0.4, -0.2) is 29.6 Å². The van der Waals surface area contributed by atoms with Gasteiger partial charge in [-0.2, -0.15) is 5.26 Å². The fourth-order valence-corrected chi connectivity index (χ4v) is 2.39. The molecule has 1 aromatic rings. The van der Waals surface area contributed by atoms with Crippen LogP contribution in [0.4, 0.5) is 0 Å². The van der Waals surface area contributed by atoms with Crippen molar-refractivity contribution in [3.05, 3.63) is 35.4 Å². The van der Waals surface area contributed by atoms with Crippen molar-refractivity contribution in [2.75, 3.05) is 19.6 Å². The Hall–Kier alpha value is -1.37. The Labute approximate surface area is 122 Å². The normalized spacial score (nSPS) is 12.9. The van der Waals surface area contributed by atoms with E-state index in [0.29, 0.717) is 23.9 Å². The highest BCUT2D eigenvalue weighted by atomic mass is 16.3. The molecule has 0 aliphatic heterocycles. The molecule has 0 spiro atoms. The fraction of sp³-hybridized carbons (Fsp3) is 0.588. The maximum Gasteiger partial charge on any atom is 0.0991 e. The highest BCUT2D eigenvalue weighted by Gasteiger charge is 2.15. The van der Waals surface area contributed by atoms with Crippen LogP contribution in [-0.2, 0) is 0 Å². The van der Waals surface area contributed by atoms with E-state index in [9.17, 15) is 5.11 Å². The number of nitrogens with zero attached hydrogens (tertiary/aromatic N) is 2. The van der Waals surface area contributed by atoms with E-state index >= 15 is 0 Å². The molecule has 0 heterocycles. The van der Waals surface area contributed by atoms with Gasteiger partial charge in [-0.25, -0.2) is 0 Å². The molecule has 0 fully saturated rings. The third-order valence-electron chi connectivity index (χ3n) is 3.10. The van der Waals surface area contributed by atoms with Crippen molar-refractivity contribution in [3.63, 3.8) is 0 Å². The van der Waals surface area contributed by atoms with Crippen LogP contribution in [0.25, 0.3) is 0 Å². The molecule has 0 aliphatic carbocycles. The van der Waals surface area contributed by atoms with E-state index < -0.39 is 6.10 Å². The molecule has 1 rings (SSSR count). The van der Waals surface area contributed by atoms with Crippen LogP contribution >= 0.6 is 0 Å². The molecule has 20 heavy (non-hydrogen) atoms. The molecule has 1 unspecified atom stereocenters. The van der Waals surface area contributed by atoms with Crippen LogP contribution in [0.15, 0.2) is 24.3 Å². The second-order valence-electron chi connectivity index (χ2n) is 6.26. The van der Waals surface area contributed by atoms with Crippen LogP contribution in [0, 0.1) is 23.2 Å². The summed E-state index contributed by atoms with van der Waals surface area (Å²) in [6, 6.07) is 9.29. The SMILES string of the molecule is CC(C)CN(CC(C)C)CC(O)c1ccc(C#N)cc1. The van der Waals surface area contributed by atoms with Gasteiger partial charge in [0.2, 0.25) is 0 Å². The topological polar surface area (TPSA) is 47.3 Å².